The Morgan fingerprint density at radius 3 is 1.79 bits per heavy atom. The second-order valence-electron chi connectivity index (χ2n) is 8.02. The quantitative estimate of drug-likeness (QED) is 0.645. The van der Waals surface area contributed by atoms with E-state index in [2.05, 4.69) is 74.5 Å². The van der Waals surface area contributed by atoms with E-state index in [4.69, 9.17) is 5.73 Å². The van der Waals surface area contributed by atoms with Gasteiger partial charge >= 0.3 is 5.97 Å². The molecule has 148 valence electrons. The Labute approximate surface area is 176 Å². The summed E-state index contributed by atoms with van der Waals surface area (Å²) >= 11 is 1.61. The number of thioether (sulfide) groups is 1. The molecule has 0 saturated heterocycles. The van der Waals surface area contributed by atoms with Crippen LogP contribution >= 0.6 is 11.8 Å². The Morgan fingerprint density at radius 1 is 0.862 bits per heavy atom. The molecule has 0 spiro atoms. The maximum Gasteiger partial charge on any atom is 0.321 e. The van der Waals surface area contributed by atoms with Crippen molar-refractivity contribution in [3.63, 3.8) is 0 Å². The smallest absolute Gasteiger partial charge is 0.321 e. The number of carboxylic acids is 1. The number of benzene rings is 3. The van der Waals surface area contributed by atoms with Gasteiger partial charge in [-0.1, -0.05) is 92.7 Å². The van der Waals surface area contributed by atoms with Crippen LogP contribution in [-0.2, 0) is 15.0 Å². The first-order valence-electron chi connectivity index (χ1n) is 9.77. The van der Waals surface area contributed by atoms with Gasteiger partial charge in [0, 0.05) is 11.2 Å². The largest absolute Gasteiger partial charge is 0.480 e. The lowest BCUT2D eigenvalue weighted by Crippen LogP contribution is -2.41. The number of fused-ring (bicyclic) bond motifs is 2. The Bertz CT molecular complexity index is 996. The monoisotopic (exact) mass is 403 g/mol. The van der Waals surface area contributed by atoms with Crippen LogP contribution in [0, 0.1) is 0 Å². The average Bonchev–Trinajstić information content (AvgIpc) is 2.74. The van der Waals surface area contributed by atoms with Crippen LogP contribution in [0.15, 0.2) is 78.9 Å². The second-order valence-corrected chi connectivity index (χ2v) is 9.25. The van der Waals surface area contributed by atoms with E-state index in [1.165, 1.54) is 22.3 Å². The Balaban J connectivity index is 2.04. The molecular formula is C25H25NO2S. The highest BCUT2D eigenvalue weighted by Crippen LogP contribution is 2.57. The topological polar surface area (TPSA) is 63.3 Å². The van der Waals surface area contributed by atoms with Crippen LogP contribution in [0.1, 0.15) is 41.7 Å². The summed E-state index contributed by atoms with van der Waals surface area (Å²) in [6.07, 6.45) is 0. The summed E-state index contributed by atoms with van der Waals surface area (Å²) < 4.78 is -0.517. The van der Waals surface area contributed by atoms with E-state index in [1.54, 1.807) is 11.8 Å². The van der Waals surface area contributed by atoms with Crippen molar-refractivity contribution in [2.75, 3.05) is 5.75 Å². The molecule has 29 heavy (non-hydrogen) atoms. The van der Waals surface area contributed by atoms with Gasteiger partial charge in [0.1, 0.15) is 6.04 Å². The number of carboxylic acid groups (broad SMARTS) is 1. The first-order valence-corrected chi connectivity index (χ1v) is 10.8. The zero-order valence-corrected chi connectivity index (χ0v) is 17.4. The summed E-state index contributed by atoms with van der Waals surface area (Å²) in [5, 5.41) is 9.40. The van der Waals surface area contributed by atoms with E-state index in [0.717, 1.165) is 5.56 Å². The molecule has 4 heteroatoms. The Morgan fingerprint density at radius 2 is 1.31 bits per heavy atom. The van der Waals surface area contributed by atoms with Crippen LogP contribution in [0.4, 0.5) is 0 Å². The molecule has 0 bridgehead atoms. The molecule has 1 unspecified atom stereocenters. The number of rotatable bonds is 5. The molecule has 4 rings (SSSR count). The van der Waals surface area contributed by atoms with Crippen molar-refractivity contribution in [1.82, 2.24) is 0 Å². The van der Waals surface area contributed by atoms with Gasteiger partial charge in [-0.3, -0.25) is 4.79 Å². The molecule has 1 aliphatic rings. The molecule has 1 aliphatic carbocycles. The normalized spacial score (nSPS) is 17.1. The van der Waals surface area contributed by atoms with Gasteiger partial charge in [0.2, 0.25) is 0 Å². The predicted octanol–water partition coefficient (Wildman–Crippen LogP) is 4.76. The third kappa shape index (κ3) is 3.07. The van der Waals surface area contributed by atoms with Crippen LogP contribution in [0.5, 0.6) is 0 Å². The molecule has 0 aliphatic heterocycles. The summed E-state index contributed by atoms with van der Waals surface area (Å²) in [5.41, 5.74) is 11.9. The van der Waals surface area contributed by atoms with Crippen LogP contribution in [0.2, 0.25) is 0 Å². The SMILES string of the molecule is CC1(C)c2ccccc2C(SCC(N)C(=O)O)(c2ccccc2)c2ccccc21. The highest BCUT2D eigenvalue weighted by atomic mass is 32.2. The fourth-order valence-corrected chi connectivity index (χ4v) is 6.01. The van der Waals surface area contributed by atoms with Crippen molar-refractivity contribution < 1.29 is 9.90 Å². The number of hydrogen-bond acceptors (Lipinski definition) is 3. The second kappa shape index (κ2) is 7.36. The summed E-state index contributed by atoms with van der Waals surface area (Å²) in [6, 6.07) is 26.5. The van der Waals surface area contributed by atoms with Gasteiger partial charge < -0.3 is 10.8 Å². The van der Waals surface area contributed by atoms with E-state index in [9.17, 15) is 9.90 Å². The molecule has 0 saturated carbocycles. The van der Waals surface area contributed by atoms with E-state index in [1.807, 2.05) is 18.2 Å². The van der Waals surface area contributed by atoms with Gasteiger partial charge in [0.05, 0.1) is 4.75 Å². The predicted molar refractivity (Wildman–Crippen MR) is 119 cm³/mol. The summed E-state index contributed by atoms with van der Waals surface area (Å²) in [4.78, 5) is 11.5. The molecule has 3 nitrogen and oxygen atoms in total. The third-order valence-corrected chi connectivity index (χ3v) is 7.57. The molecule has 3 N–H and O–H groups in total. The van der Waals surface area contributed by atoms with Crippen molar-refractivity contribution in [2.24, 2.45) is 5.73 Å². The number of aliphatic carboxylic acids is 1. The lowest BCUT2D eigenvalue weighted by molar-refractivity contribution is -0.137. The minimum Gasteiger partial charge on any atom is -0.480 e. The van der Waals surface area contributed by atoms with Gasteiger partial charge in [0.15, 0.2) is 0 Å². The first-order chi connectivity index (χ1) is 13.9. The van der Waals surface area contributed by atoms with Crippen LogP contribution in [0.25, 0.3) is 0 Å². The van der Waals surface area contributed by atoms with E-state index in [0.29, 0.717) is 5.75 Å². The van der Waals surface area contributed by atoms with Gasteiger partial charge in [0.25, 0.3) is 0 Å². The van der Waals surface area contributed by atoms with Crippen molar-refractivity contribution >= 4 is 17.7 Å². The van der Waals surface area contributed by atoms with Crippen molar-refractivity contribution in [3.8, 4) is 0 Å². The number of nitrogens with two attached hydrogens (primary N) is 1. The van der Waals surface area contributed by atoms with Crippen LogP contribution in [-0.4, -0.2) is 22.9 Å². The van der Waals surface area contributed by atoms with Crippen molar-refractivity contribution in [3.05, 3.63) is 107 Å². The Kier molecular flexibility index (Phi) is 5.01. The number of carbonyl (C=O) groups is 1. The molecule has 0 fully saturated rings. The van der Waals surface area contributed by atoms with Gasteiger partial charge in [-0.2, -0.15) is 0 Å². The number of hydrogen-bond donors (Lipinski definition) is 2. The van der Waals surface area contributed by atoms with Crippen LogP contribution in [0.3, 0.4) is 0 Å². The summed E-state index contributed by atoms with van der Waals surface area (Å²) in [6.45, 7) is 4.51. The first kappa shape index (κ1) is 19.7. The average molecular weight is 404 g/mol. The van der Waals surface area contributed by atoms with E-state index >= 15 is 0 Å². The summed E-state index contributed by atoms with van der Waals surface area (Å²) in [5.74, 6) is -0.661. The van der Waals surface area contributed by atoms with E-state index in [-0.39, 0.29) is 5.41 Å². The lowest BCUT2D eigenvalue weighted by atomic mass is 9.63. The van der Waals surface area contributed by atoms with Gasteiger partial charge in [-0.25, -0.2) is 0 Å². The minimum atomic E-state index is -0.974. The lowest BCUT2D eigenvalue weighted by Gasteiger charge is -2.47. The Hall–Kier alpha value is -2.56. The third-order valence-electron chi connectivity index (χ3n) is 5.94. The molecule has 3 aromatic rings. The van der Waals surface area contributed by atoms with Gasteiger partial charge in [-0.05, 0) is 27.8 Å². The molecule has 0 amide bonds. The van der Waals surface area contributed by atoms with E-state index < -0.39 is 16.8 Å². The fraction of sp³-hybridized carbons (Fsp3) is 0.240. The molecule has 0 heterocycles. The molecule has 3 aromatic carbocycles. The fourth-order valence-electron chi connectivity index (χ4n) is 4.47. The molecule has 1 atom stereocenters. The van der Waals surface area contributed by atoms with Crippen molar-refractivity contribution in [1.29, 1.82) is 0 Å². The maximum atomic E-state index is 11.5. The zero-order valence-electron chi connectivity index (χ0n) is 16.6. The molecule has 0 aromatic heterocycles. The molecular weight excluding hydrogens is 378 g/mol. The standard InChI is InChI=1S/C25H25NO2S/c1-24(2)18-12-6-8-14-20(18)25(17-10-4-3-5-11-17,29-16-22(26)23(27)28)21-15-9-7-13-19(21)24/h3-15,22H,16,26H2,1-2H3,(H,27,28). The van der Waals surface area contributed by atoms with Crippen molar-refractivity contribution in [2.45, 2.75) is 30.1 Å². The maximum absolute atomic E-state index is 11.5. The highest BCUT2D eigenvalue weighted by Gasteiger charge is 2.48. The zero-order chi connectivity index (χ0) is 20.6. The minimum absolute atomic E-state index is 0.152. The highest BCUT2D eigenvalue weighted by molar-refractivity contribution is 8.00. The van der Waals surface area contributed by atoms with Crippen LogP contribution < -0.4 is 5.73 Å². The molecule has 0 radical (unpaired) electrons. The summed E-state index contributed by atoms with van der Waals surface area (Å²) in [7, 11) is 0. The van der Waals surface area contributed by atoms with Gasteiger partial charge in [-0.15, -0.1) is 11.8 Å².